The molecule has 2 N–H and O–H groups in total. The van der Waals surface area contributed by atoms with E-state index in [2.05, 4.69) is 5.32 Å². The molecule has 3 nitrogen and oxygen atoms in total. The number of hydrogen-bond acceptors (Lipinski definition) is 3. The minimum absolute atomic E-state index is 0.200. The highest BCUT2D eigenvalue weighted by atomic mass is 19.1. The van der Waals surface area contributed by atoms with Crippen LogP contribution in [0.15, 0.2) is 18.2 Å². The molecule has 0 aromatic heterocycles. The highest BCUT2D eigenvalue weighted by Gasteiger charge is 2.24. The number of halogens is 1. The van der Waals surface area contributed by atoms with E-state index >= 15 is 0 Å². The summed E-state index contributed by atoms with van der Waals surface area (Å²) in [6, 6.07) is 5.15. The highest BCUT2D eigenvalue weighted by Crippen LogP contribution is 2.27. The maximum absolute atomic E-state index is 13.9. The van der Waals surface area contributed by atoms with Crippen LogP contribution < -0.4 is 10.2 Å². The van der Waals surface area contributed by atoms with Crippen molar-refractivity contribution in [3.63, 3.8) is 0 Å². The summed E-state index contributed by atoms with van der Waals surface area (Å²) in [4.78, 5) is 1.94. The molecule has 0 saturated carbocycles. The molecule has 4 heteroatoms. The van der Waals surface area contributed by atoms with Gasteiger partial charge in [-0.15, -0.1) is 0 Å². The number of para-hydroxylation sites is 1. The van der Waals surface area contributed by atoms with Crippen LogP contribution in [0.25, 0.3) is 0 Å². The topological polar surface area (TPSA) is 35.5 Å². The van der Waals surface area contributed by atoms with Gasteiger partial charge in [0.2, 0.25) is 0 Å². The van der Waals surface area contributed by atoms with Crippen LogP contribution in [0.5, 0.6) is 0 Å². The Morgan fingerprint density at radius 1 is 1.53 bits per heavy atom. The Kier molecular flexibility index (Phi) is 3.97. The molecule has 1 atom stereocenters. The second-order valence-electron chi connectivity index (χ2n) is 4.42. The molecule has 0 amide bonds. The number of aliphatic hydroxyl groups excluding tert-OH is 1. The predicted molar refractivity (Wildman–Crippen MR) is 66.6 cm³/mol. The average molecular weight is 238 g/mol. The van der Waals surface area contributed by atoms with Crippen LogP contribution in [0, 0.1) is 5.82 Å². The van der Waals surface area contributed by atoms with Crippen molar-refractivity contribution >= 4 is 5.69 Å². The lowest BCUT2D eigenvalue weighted by atomic mass is 10.1. The van der Waals surface area contributed by atoms with Crippen LogP contribution in [0.2, 0.25) is 0 Å². The van der Waals surface area contributed by atoms with E-state index in [9.17, 15) is 9.50 Å². The van der Waals surface area contributed by atoms with E-state index in [0.717, 1.165) is 25.1 Å². The van der Waals surface area contributed by atoms with Gasteiger partial charge in [0.25, 0.3) is 0 Å². The van der Waals surface area contributed by atoms with Gasteiger partial charge in [0.05, 0.1) is 11.8 Å². The molecular weight excluding hydrogens is 219 g/mol. The lowest BCUT2D eigenvalue weighted by molar-refractivity contribution is 0.198. The van der Waals surface area contributed by atoms with Crippen molar-refractivity contribution in [3.05, 3.63) is 29.6 Å². The maximum Gasteiger partial charge on any atom is 0.146 e. The fraction of sp³-hybridized carbons (Fsp3) is 0.538. The van der Waals surface area contributed by atoms with Crippen LogP contribution in [0.1, 0.15) is 18.9 Å². The zero-order valence-corrected chi connectivity index (χ0v) is 10.1. The van der Waals surface area contributed by atoms with Crippen molar-refractivity contribution in [2.24, 2.45) is 0 Å². The number of β-amino-alcohol motifs (C(OH)–C–C–N with tert-alkyl or cyclic N) is 1. The Morgan fingerprint density at radius 2 is 2.35 bits per heavy atom. The van der Waals surface area contributed by atoms with E-state index in [4.69, 9.17) is 0 Å². The molecule has 17 heavy (non-hydrogen) atoms. The van der Waals surface area contributed by atoms with E-state index < -0.39 is 0 Å². The third-order valence-electron chi connectivity index (χ3n) is 3.12. The SMILES string of the molecule is CCNCc1cccc(F)c1N1CCC(O)C1. The molecule has 94 valence electrons. The van der Waals surface area contributed by atoms with Crippen LogP contribution in [-0.2, 0) is 6.54 Å². The number of hydrogen-bond donors (Lipinski definition) is 2. The molecule has 1 unspecified atom stereocenters. The van der Waals surface area contributed by atoms with E-state index in [1.807, 2.05) is 17.9 Å². The number of benzene rings is 1. The number of nitrogens with one attached hydrogen (secondary N) is 1. The third kappa shape index (κ3) is 2.76. The monoisotopic (exact) mass is 238 g/mol. The molecule has 1 aliphatic heterocycles. The second-order valence-corrected chi connectivity index (χ2v) is 4.42. The smallest absolute Gasteiger partial charge is 0.146 e. The molecule has 0 aliphatic carbocycles. The van der Waals surface area contributed by atoms with Crippen molar-refractivity contribution < 1.29 is 9.50 Å². The Balaban J connectivity index is 2.23. The van der Waals surface area contributed by atoms with Crippen LogP contribution in [-0.4, -0.2) is 30.8 Å². The van der Waals surface area contributed by atoms with Gasteiger partial charge < -0.3 is 15.3 Å². The summed E-state index contributed by atoms with van der Waals surface area (Å²) < 4.78 is 13.9. The third-order valence-corrected chi connectivity index (χ3v) is 3.12. The standard InChI is InChI=1S/C13H19FN2O/c1-2-15-8-10-4-3-5-12(14)13(10)16-7-6-11(17)9-16/h3-5,11,15,17H,2,6-9H2,1H3. The lowest BCUT2D eigenvalue weighted by Gasteiger charge is -2.22. The summed E-state index contributed by atoms with van der Waals surface area (Å²) in [5.74, 6) is -0.200. The van der Waals surface area contributed by atoms with Crippen LogP contribution in [0.3, 0.4) is 0 Å². The molecule has 1 fully saturated rings. The number of anilines is 1. The first-order valence-electron chi connectivity index (χ1n) is 6.13. The molecular formula is C13H19FN2O. The van der Waals surface area contributed by atoms with Gasteiger partial charge in [-0.1, -0.05) is 19.1 Å². The lowest BCUT2D eigenvalue weighted by Crippen LogP contribution is -2.25. The molecule has 0 radical (unpaired) electrons. The average Bonchev–Trinajstić information content (AvgIpc) is 2.73. The van der Waals surface area contributed by atoms with Crippen molar-refractivity contribution in [2.75, 3.05) is 24.5 Å². The van der Waals surface area contributed by atoms with Gasteiger partial charge in [0.1, 0.15) is 5.82 Å². The maximum atomic E-state index is 13.9. The summed E-state index contributed by atoms with van der Waals surface area (Å²) in [6.45, 7) is 4.80. The first kappa shape index (κ1) is 12.3. The Morgan fingerprint density at radius 3 is 3.00 bits per heavy atom. The van der Waals surface area contributed by atoms with Crippen molar-refractivity contribution in [2.45, 2.75) is 26.0 Å². The minimum Gasteiger partial charge on any atom is -0.391 e. The van der Waals surface area contributed by atoms with E-state index in [0.29, 0.717) is 18.8 Å². The van der Waals surface area contributed by atoms with Crippen LogP contribution in [0.4, 0.5) is 10.1 Å². The largest absolute Gasteiger partial charge is 0.391 e. The van der Waals surface area contributed by atoms with E-state index in [-0.39, 0.29) is 11.9 Å². The summed E-state index contributed by atoms with van der Waals surface area (Å²) in [6.07, 6.45) is 0.385. The van der Waals surface area contributed by atoms with Crippen molar-refractivity contribution in [1.29, 1.82) is 0 Å². The molecule has 1 aromatic carbocycles. The second kappa shape index (κ2) is 5.47. The highest BCUT2D eigenvalue weighted by molar-refractivity contribution is 5.55. The molecule has 0 bridgehead atoms. The Hall–Kier alpha value is -1.13. The van der Waals surface area contributed by atoms with Gasteiger partial charge in [0.15, 0.2) is 0 Å². The van der Waals surface area contributed by atoms with Crippen LogP contribution >= 0.6 is 0 Å². The summed E-state index contributed by atoms with van der Waals surface area (Å²) in [7, 11) is 0. The van der Waals surface area contributed by atoms with Gasteiger partial charge in [-0.2, -0.15) is 0 Å². The van der Waals surface area contributed by atoms with Gasteiger partial charge in [-0.05, 0) is 24.6 Å². The van der Waals surface area contributed by atoms with E-state index in [1.54, 1.807) is 6.07 Å². The van der Waals surface area contributed by atoms with Gasteiger partial charge >= 0.3 is 0 Å². The van der Waals surface area contributed by atoms with Gasteiger partial charge in [-0.25, -0.2) is 4.39 Å². The van der Waals surface area contributed by atoms with Gasteiger partial charge in [0, 0.05) is 19.6 Å². The fourth-order valence-corrected chi connectivity index (χ4v) is 2.26. The quantitative estimate of drug-likeness (QED) is 0.834. The van der Waals surface area contributed by atoms with Gasteiger partial charge in [-0.3, -0.25) is 0 Å². The molecule has 0 spiro atoms. The normalized spacial score (nSPS) is 19.9. The zero-order valence-electron chi connectivity index (χ0n) is 10.1. The molecule has 1 saturated heterocycles. The predicted octanol–water partition coefficient (Wildman–Crippen LogP) is 1.51. The fourth-order valence-electron chi connectivity index (χ4n) is 2.26. The Labute approximate surface area is 101 Å². The summed E-state index contributed by atoms with van der Waals surface area (Å²) >= 11 is 0. The zero-order chi connectivity index (χ0) is 12.3. The Bertz CT molecular complexity index is 384. The molecule has 1 aromatic rings. The van der Waals surface area contributed by atoms with Crippen molar-refractivity contribution in [3.8, 4) is 0 Å². The van der Waals surface area contributed by atoms with E-state index in [1.165, 1.54) is 6.07 Å². The number of nitrogens with zero attached hydrogens (tertiary/aromatic N) is 1. The summed E-state index contributed by atoms with van der Waals surface area (Å²) in [5, 5.41) is 12.8. The molecule has 1 heterocycles. The number of rotatable bonds is 4. The summed E-state index contributed by atoms with van der Waals surface area (Å²) in [5.41, 5.74) is 1.60. The first-order chi connectivity index (χ1) is 8.22. The minimum atomic E-state index is -0.332. The van der Waals surface area contributed by atoms with Crippen molar-refractivity contribution in [1.82, 2.24) is 5.32 Å². The number of aliphatic hydroxyl groups is 1. The molecule has 1 aliphatic rings. The first-order valence-corrected chi connectivity index (χ1v) is 6.13. The molecule has 2 rings (SSSR count).